The van der Waals surface area contributed by atoms with Crippen LogP contribution in [0.5, 0.6) is 0 Å². The van der Waals surface area contributed by atoms with Crippen LogP contribution in [0, 0.1) is 19.9 Å². The first-order valence-electron chi connectivity index (χ1n) is 9.58. The van der Waals surface area contributed by atoms with Gasteiger partial charge in [-0.2, -0.15) is 0 Å². The normalized spacial score (nSPS) is 10.5. The summed E-state index contributed by atoms with van der Waals surface area (Å²) < 4.78 is 0. The van der Waals surface area contributed by atoms with Gasteiger partial charge in [-0.1, -0.05) is 53.2 Å². The number of amides is 1. The fourth-order valence-electron chi connectivity index (χ4n) is 3.46. The van der Waals surface area contributed by atoms with E-state index in [0.717, 1.165) is 28.7 Å². The zero-order chi connectivity index (χ0) is 21.8. The van der Waals surface area contributed by atoms with Crippen molar-refractivity contribution >= 4 is 34.8 Å². The van der Waals surface area contributed by atoms with Gasteiger partial charge >= 0.3 is 0 Å². The van der Waals surface area contributed by atoms with E-state index in [-0.39, 0.29) is 61.7 Å². The maximum atomic E-state index is 13.2. The van der Waals surface area contributed by atoms with Gasteiger partial charge in [0.05, 0.1) is 6.61 Å². The van der Waals surface area contributed by atoms with Gasteiger partial charge in [0.2, 0.25) is 0 Å². The number of halogens is 2. The van der Waals surface area contributed by atoms with Crippen molar-refractivity contribution < 1.29 is 42.6 Å². The molecule has 0 fully saturated rings. The van der Waals surface area contributed by atoms with Crippen LogP contribution in [0.1, 0.15) is 34.0 Å². The fourth-order valence-corrected chi connectivity index (χ4v) is 3.93. The number of rotatable bonds is 6. The minimum absolute atomic E-state index is 0. The van der Waals surface area contributed by atoms with Gasteiger partial charge < -0.3 is 10.0 Å². The molecular weight excluding hydrogens is 510 g/mol. The second kappa shape index (κ2) is 11.5. The smallest absolute Gasteiger partial charge is 0.264 e. The molecular formula is C23H22Cl2N3O2Y-. The van der Waals surface area contributed by atoms with E-state index in [0.29, 0.717) is 5.69 Å². The Balaban J connectivity index is 0.00000341. The molecule has 0 aliphatic rings. The molecule has 8 heteroatoms. The average Bonchev–Trinajstić information content (AvgIpc) is 2.71. The molecule has 1 amide bonds. The number of aliphatic hydroxyl groups excluding tert-OH is 1. The van der Waals surface area contributed by atoms with Gasteiger partial charge in [0, 0.05) is 44.9 Å². The number of aliphatic hydroxyl groups is 1. The molecule has 3 rings (SSSR count). The summed E-state index contributed by atoms with van der Waals surface area (Å²) in [5, 5.41) is 9.50. The van der Waals surface area contributed by atoms with Crippen LogP contribution in [0.2, 0.25) is 10.3 Å². The van der Waals surface area contributed by atoms with Crippen molar-refractivity contribution in [2.24, 2.45) is 0 Å². The van der Waals surface area contributed by atoms with Gasteiger partial charge in [0.15, 0.2) is 0 Å². The first kappa shape index (κ1) is 25.9. The maximum Gasteiger partial charge on any atom is 0.264 e. The number of hydrogen-bond donors (Lipinski definition) is 1. The number of benzene rings is 2. The van der Waals surface area contributed by atoms with Crippen LogP contribution in [-0.4, -0.2) is 34.1 Å². The van der Waals surface area contributed by atoms with Gasteiger partial charge in [-0.3, -0.25) is 4.79 Å². The van der Waals surface area contributed by atoms with E-state index in [4.69, 9.17) is 23.2 Å². The molecule has 3 aromatic rings. The van der Waals surface area contributed by atoms with Gasteiger partial charge in [0.25, 0.3) is 5.91 Å². The van der Waals surface area contributed by atoms with E-state index in [1.54, 1.807) is 0 Å². The molecule has 1 aromatic heterocycles. The van der Waals surface area contributed by atoms with Crippen LogP contribution in [0.4, 0.5) is 5.69 Å². The van der Waals surface area contributed by atoms with E-state index in [9.17, 15) is 9.90 Å². The van der Waals surface area contributed by atoms with E-state index in [1.807, 2.05) is 32.0 Å². The predicted molar refractivity (Wildman–Crippen MR) is 120 cm³/mol. The molecule has 1 N–H and O–H groups in total. The summed E-state index contributed by atoms with van der Waals surface area (Å²) in [6.07, 6.45) is 2.15. The third-order valence-electron chi connectivity index (χ3n) is 4.92. The summed E-state index contributed by atoms with van der Waals surface area (Å²) in [7, 11) is 0. The topological polar surface area (TPSA) is 66.3 Å². The minimum Gasteiger partial charge on any atom is -0.395 e. The van der Waals surface area contributed by atoms with Crippen molar-refractivity contribution in [1.82, 2.24) is 9.97 Å². The van der Waals surface area contributed by atoms with Crippen molar-refractivity contribution in [3.63, 3.8) is 0 Å². The molecule has 0 saturated heterocycles. The zero-order valence-corrected chi connectivity index (χ0v) is 22.0. The van der Waals surface area contributed by atoms with Crippen molar-refractivity contribution in [2.45, 2.75) is 27.2 Å². The minimum atomic E-state index is -0.468. The zero-order valence-electron chi connectivity index (χ0n) is 17.6. The molecule has 1 radical (unpaired) electrons. The number of carbonyl (C=O) groups is 1. The third-order valence-corrected chi connectivity index (χ3v) is 5.49. The van der Waals surface area contributed by atoms with Crippen LogP contribution in [0.3, 0.4) is 0 Å². The van der Waals surface area contributed by atoms with Crippen LogP contribution in [0.15, 0.2) is 36.7 Å². The molecule has 5 nitrogen and oxygen atoms in total. The summed E-state index contributed by atoms with van der Waals surface area (Å²) in [6, 6.07) is 13.3. The molecule has 0 bridgehead atoms. The predicted octanol–water partition coefficient (Wildman–Crippen LogP) is 5.07. The van der Waals surface area contributed by atoms with E-state index in [1.165, 1.54) is 16.8 Å². The summed E-state index contributed by atoms with van der Waals surface area (Å²) in [4.78, 5) is 22.3. The molecule has 31 heavy (non-hydrogen) atoms. The first-order valence-corrected chi connectivity index (χ1v) is 10.3. The number of hydrogen-bond acceptors (Lipinski definition) is 4. The second-order valence-electron chi connectivity index (χ2n) is 6.93. The SMILES string of the molecule is CCc1c[c-]c(-c2c(C)cc(N(CCO)C(=O)c3c(Cl)ncnc3Cl)cc2C)cc1.[Y]. The molecule has 0 saturated carbocycles. The molecule has 0 aliphatic heterocycles. The Morgan fingerprint density at radius 2 is 1.74 bits per heavy atom. The Labute approximate surface area is 217 Å². The third kappa shape index (κ3) is 5.71. The maximum absolute atomic E-state index is 13.2. The molecule has 1 heterocycles. The van der Waals surface area contributed by atoms with Gasteiger partial charge in [-0.25, -0.2) is 9.97 Å². The van der Waals surface area contributed by atoms with Crippen LogP contribution >= 0.6 is 23.2 Å². The number of nitrogens with zero attached hydrogens (tertiary/aromatic N) is 3. The summed E-state index contributed by atoms with van der Waals surface area (Å²) in [5.74, 6) is -0.468. The van der Waals surface area contributed by atoms with E-state index >= 15 is 0 Å². The van der Waals surface area contributed by atoms with Crippen LogP contribution in [0.25, 0.3) is 11.1 Å². The Morgan fingerprint density at radius 3 is 2.23 bits per heavy atom. The fraction of sp³-hybridized carbons (Fsp3) is 0.261. The number of carbonyl (C=O) groups excluding carboxylic acids is 1. The first-order chi connectivity index (χ1) is 14.4. The van der Waals surface area contributed by atoms with Crippen molar-refractivity contribution in [1.29, 1.82) is 0 Å². The summed E-state index contributed by atoms with van der Waals surface area (Å²) in [5.41, 5.74) is 5.91. The Bertz CT molecular complexity index is 1030. The Hall–Kier alpha value is -1.37. The van der Waals surface area contributed by atoms with E-state index in [2.05, 4.69) is 35.1 Å². The number of anilines is 1. The average molecular weight is 532 g/mol. The molecule has 159 valence electrons. The van der Waals surface area contributed by atoms with Gasteiger partial charge in [-0.05, 0) is 26.0 Å². The van der Waals surface area contributed by atoms with E-state index < -0.39 is 5.91 Å². The Morgan fingerprint density at radius 1 is 1.13 bits per heavy atom. The molecule has 0 atom stereocenters. The molecule has 2 aromatic carbocycles. The standard InChI is InChI=1S/C23H22Cl2N3O2.Y/c1-4-16-5-7-17(8-6-16)19-14(2)11-18(12-15(19)3)28(9-10-29)23(30)20-21(24)26-13-27-22(20)25;/h5-7,11-13,29H,4,9-10H2,1-3H3;/q-1;. The van der Waals surface area contributed by atoms with Crippen molar-refractivity contribution in [3.8, 4) is 11.1 Å². The largest absolute Gasteiger partial charge is 0.395 e. The van der Waals surface area contributed by atoms with Gasteiger partial charge in [-0.15, -0.1) is 35.4 Å². The number of aryl methyl sites for hydroxylation is 3. The van der Waals surface area contributed by atoms with Crippen LogP contribution in [-0.2, 0) is 39.1 Å². The number of aromatic nitrogens is 2. The summed E-state index contributed by atoms with van der Waals surface area (Å²) >= 11 is 12.2. The second-order valence-corrected chi connectivity index (χ2v) is 7.65. The molecule has 0 unspecified atom stereocenters. The molecule has 0 spiro atoms. The van der Waals surface area contributed by atoms with Crippen molar-refractivity contribution in [2.75, 3.05) is 18.1 Å². The monoisotopic (exact) mass is 531 g/mol. The Kier molecular flexibility index (Phi) is 9.59. The van der Waals surface area contributed by atoms with Crippen LogP contribution < -0.4 is 4.90 Å². The van der Waals surface area contributed by atoms with Gasteiger partial charge in [0.1, 0.15) is 22.2 Å². The molecule has 0 aliphatic carbocycles. The quantitative estimate of drug-likeness (QED) is 0.356. The summed E-state index contributed by atoms with van der Waals surface area (Å²) in [6.45, 7) is 5.94. The van der Waals surface area contributed by atoms with Crippen molar-refractivity contribution in [3.05, 3.63) is 75.3 Å².